The third-order valence-corrected chi connectivity index (χ3v) is 7.40. The first-order valence-corrected chi connectivity index (χ1v) is 13.2. The number of hydrogen-bond acceptors (Lipinski definition) is 6. The van der Waals surface area contributed by atoms with Crippen LogP contribution in [0.2, 0.25) is 0 Å². The van der Waals surface area contributed by atoms with Gasteiger partial charge in [0.25, 0.3) is 0 Å². The van der Waals surface area contributed by atoms with Gasteiger partial charge in [0.2, 0.25) is 11.8 Å². The lowest BCUT2D eigenvalue weighted by Crippen LogP contribution is -2.39. The largest absolute Gasteiger partial charge is 0.508 e. The number of carbonyl (C=O) groups excluding carboxylic acids is 2. The van der Waals surface area contributed by atoms with E-state index in [0.29, 0.717) is 38.2 Å². The Morgan fingerprint density at radius 2 is 1.64 bits per heavy atom. The van der Waals surface area contributed by atoms with Crippen LogP contribution in [0.25, 0.3) is 0 Å². The second-order valence-electron chi connectivity index (χ2n) is 9.96. The molecule has 2 aromatic carbocycles. The highest BCUT2D eigenvalue weighted by atomic mass is 16.5. The zero-order valence-electron chi connectivity index (χ0n) is 20.7. The van der Waals surface area contributed by atoms with Crippen molar-refractivity contribution in [1.29, 1.82) is 0 Å². The van der Waals surface area contributed by atoms with Gasteiger partial charge in [0.15, 0.2) is 0 Å². The van der Waals surface area contributed by atoms with Crippen LogP contribution in [0, 0.1) is 0 Å². The fourth-order valence-corrected chi connectivity index (χ4v) is 5.45. The Morgan fingerprint density at radius 1 is 0.861 bits per heavy atom. The van der Waals surface area contributed by atoms with Crippen LogP contribution >= 0.6 is 0 Å². The Hall–Kier alpha value is -3.10. The van der Waals surface area contributed by atoms with E-state index in [4.69, 9.17) is 4.74 Å². The van der Waals surface area contributed by atoms with Crippen molar-refractivity contribution in [2.45, 2.75) is 50.2 Å². The first-order chi connectivity index (χ1) is 17.6. The first-order valence-electron chi connectivity index (χ1n) is 13.2. The standard InChI is InChI=1S/C28H36N4O4/c33-21-8-5-19(6-9-21)27-26-22-17-20(7-10-24(22)36-27)23-18-25(34)31-14-4-16-32(28(26)35)15-2-1-11-29-12-3-13-30-23/h5-10,17,23,26-27,29-30,33H,1-4,11-16,18H2,(H,31,34)/t23-,26-,27+/m1/s1. The van der Waals surface area contributed by atoms with Gasteiger partial charge >= 0.3 is 0 Å². The molecule has 8 nitrogen and oxygen atoms in total. The highest BCUT2D eigenvalue weighted by molar-refractivity contribution is 5.87. The average Bonchev–Trinajstić information content (AvgIpc) is 3.26. The zero-order valence-corrected chi connectivity index (χ0v) is 20.7. The van der Waals surface area contributed by atoms with Gasteiger partial charge in [-0.05, 0) is 80.7 Å². The number of fused-ring (bicyclic) bond motifs is 1. The van der Waals surface area contributed by atoms with Gasteiger partial charge in [-0.15, -0.1) is 0 Å². The second kappa shape index (κ2) is 11.3. The van der Waals surface area contributed by atoms with Crippen molar-refractivity contribution in [2.24, 2.45) is 0 Å². The topological polar surface area (TPSA) is 103 Å². The minimum Gasteiger partial charge on any atom is -0.508 e. The fraction of sp³-hybridized carbons (Fsp3) is 0.500. The van der Waals surface area contributed by atoms with Crippen molar-refractivity contribution in [1.82, 2.24) is 20.9 Å². The molecule has 36 heavy (non-hydrogen) atoms. The van der Waals surface area contributed by atoms with E-state index in [9.17, 15) is 14.7 Å². The monoisotopic (exact) mass is 492 g/mol. The quantitative estimate of drug-likeness (QED) is 0.488. The molecule has 3 atom stereocenters. The van der Waals surface area contributed by atoms with E-state index in [2.05, 4.69) is 22.0 Å². The van der Waals surface area contributed by atoms with Crippen molar-refractivity contribution in [3.05, 3.63) is 59.2 Å². The number of phenols is 1. The molecule has 0 saturated heterocycles. The summed E-state index contributed by atoms with van der Waals surface area (Å²) in [5.74, 6) is 0.473. The summed E-state index contributed by atoms with van der Waals surface area (Å²) < 4.78 is 6.40. The summed E-state index contributed by atoms with van der Waals surface area (Å²) in [4.78, 5) is 28.9. The lowest BCUT2D eigenvalue weighted by Gasteiger charge is -2.28. The number of carbonyl (C=O) groups is 2. The van der Waals surface area contributed by atoms with E-state index >= 15 is 0 Å². The van der Waals surface area contributed by atoms with Gasteiger partial charge in [0.05, 0.1) is 0 Å². The number of amides is 2. The summed E-state index contributed by atoms with van der Waals surface area (Å²) in [6.45, 7) is 4.45. The number of benzene rings is 2. The SMILES string of the molecule is O=C1C[C@H]2NCCCNCCCCN(CCCN1)C(=O)[C@@H]1c3cc2ccc3O[C@H]1c1ccc(O)cc1. The van der Waals surface area contributed by atoms with Crippen LogP contribution in [-0.2, 0) is 9.59 Å². The Kier molecular flexibility index (Phi) is 7.72. The van der Waals surface area contributed by atoms with Crippen LogP contribution in [-0.4, -0.2) is 61.1 Å². The molecule has 2 aromatic rings. The molecular weight excluding hydrogens is 456 g/mol. The van der Waals surface area contributed by atoms with Crippen LogP contribution < -0.4 is 20.7 Å². The molecule has 8 heteroatoms. The molecule has 0 aliphatic carbocycles. The molecule has 4 N–H and O–H groups in total. The number of nitrogens with zero attached hydrogens (tertiary/aromatic N) is 1. The minimum atomic E-state index is -0.486. The molecule has 0 unspecified atom stereocenters. The summed E-state index contributed by atoms with van der Waals surface area (Å²) in [5.41, 5.74) is 2.72. The summed E-state index contributed by atoms with van der Waals surface area (Å²) in [6.07, 6.45) is 3.47. The van der Waals surface area contributed by atoms with Crippen LogP contribution in [0.1, 0.15) is 66.9 Å². The fourth-order valence-electron chi connectivity index (χ4n) is 5.45. The van der Waals surface area contributed by atoms with Gasteiger partial charge in [-0.25, -0.2) is 0 Å². The van der Waals surface area contributed by atoms with E-state index < -0.39 is 12.0 Å². The Balaban J connectivity index is 1.58. The number of hydrogen-bond donors (Lipinski definition) is 4. The third kappa shape index (κ3) is 5.50. The molecule has 3 aliphatic heterocycles. The van der Waals surface area contributed by atoms with E-state index in [-0.39, 0.29) is 23.6 Å². The van der Waals surface area contributed by atoms with Crippen LogP contribution in [0.4, 0.5) is 0 Å². The maximum atomic E-state index is 14.2. The summed E-state index contributed by atoms with van der Waals surface area (Å²) >= 11 is 0. The van der Waals surface area contributed by atoms with Crippen molar-refractivity contribution < 1.29 is 19.4 Å². The van der Waals surface area contributed by atoms with Crippen molar-refractivity contribution in [3.8, 4) is 11.5 Å². The van der Waals surface area contributed by atoms with E-state index in [0.717, 1.165) is 55.6 Å². The van der Waals surface area contributed by atoms with Crippen molar-refractivity contribution in [2.75, 3.05) is 39.3 Å². The van der Waals surface area contributed by atoms with Gasteiger partial charge in [0, 0.05) is 37.7 Å². The number of nitrogens with one attached hydrogen (secondary N) is 3. The maximum absolute atomic E-state index is 14.2. The highest BCUT2D eigenvalue weighted by Crippen LogP contribution is 2.48. The van der Waals surface area contributed by atoms with Gasteiger partial charge in [-0.1, -0.05) is 18.2 Å². The Morgan fingerprint density at radius 3 is 2.50 bits per heavy atom. The van der Waals surface area contributed by atoms with Crippen LogP contribution in [0.5, 0.6) is 11.5 Å². The summed E-state index contributed by atoms with van der Waals surface area (Å²) in [7, 11) is 0. The van der Waals surface area contributed by atoms with Gasteiger partial charge < -0.3 is 30.7 Å². The van der Waals surface area contributed by atoms with E-state index in [1.807, 2.05) is 29.2 Å². The van der Waals surface area contributed by atoms with E-state index in [1.165, 1.54) is 0 Å². The van der Waals surface area contributed by atoms with Crippen molar-refractivity contribution in [3.63, 3.8) is 0 Å². The zero-order chi connectivity index (χ0) is 24.9. The molecule has 0 spiro atoms. The normalized spacial score (nSPS) is 25.8. The number of ether oxygens (including phenoxy) is 1. The third-order valence-electron chi connectivity index (χ3n) is 7.40. The Labute approximate surface area is 212 Å². The minimum absolute atomic E-state index is 0.0160. The number of rotatable bonds is 1. The summed E-state index contributed by atoms with van der Waals surface area (Å²) in [5, 5.41) is 19.9. The highest BCUT2D eigenvalue weighted by Gasteiger charge is 2.43. The van der Waals surface area contributed by atoms with Crippen LogP contribution in [0.15, 0.2) is 42.5 Å². The smallest absolute Gasteiger partial charge is 0.234 e. The molecule has 0 aromatic heterocycles. The lowest BCUT2D eigenvalue weighted by atomic mass is 9.87. The Bertz CT molecular complexity index is 1070. The first kappa shape index (κ1) is 24.6. The molecular formula is C28H36N4O4. The van der Waals surface area contributed by atoms with E-state index in [1.54, 1.807) is 12.1 Å². The molecule has 0 fully saturated rings. The van der Waals surface area contributed by atoms with Crippen LogP contribution in [0.3, 0.4) is 0 Å². The average molecular weight is 493 g/mol. The molecule has 0 radical (unpaired) electrons. The second-order valence-corrected chi connectivity index (χ2v) is 9.96. The molecule has 3 aliphatic rings. The molecule has 0 saturated carbocycles. The molecule has 4 bridgehead atoms. The lowest BCUT2D eigenvalue weighted by molar-refractivity contribution is -0.134. The molecule has 3 heterocycles. The van der Waals surface area contributed by atoms with Crippen molar-refractivity contribution >= 4 is 11.8 Å². The predicted molar refractivity (Wildman–Crippen MR) is 137 cm³/mol. The van der Waals surface area contributed by atoms with Gasteiger partial charge in [-0.2, -0.15) is 0 Å². The molecule has 2 amide bonds. The number of aromatic hydroxyl groups is 1. The molecule has 192 valence electrons. The van der Waals surface area contributed by atoms with Gasteiger partial charge in [-0.3, -0.25) is 9.59 Å². The molecule has 5 rings (SSSR count). The predicted octanol–water partition coefficient (Wildman–Crippen LogP) is 2.75. The number of phenolic OH excluding ortho intramolecular Hbond substituents is 1. The summed E-state index contributed by atoms with van der Waals surface area (Å²) in [6, 6.07) is 12.8. The van der Waals surface area contributed by atoms with Gasteiger partial charge in [0.1, 0.15) is 23.5 Å². The maximum Gasteiger partial charge on any atom is 0.234 e.